The molecule has 1 atom stereocenters. The molecule has 198 valence electrons. The summed E-state index contributed by atoms with van der Waals surface area (Å²) in [7, 11) is 0. The van der Waals surface area contributed by atoms with Crippen LogP contribution in [0.15, 0.2) is 0 Å². The summed E-state index contributed by atoms with van der Waals surface area (Å²) in [6, 6.07) is -0.788. The maximum absolute atomic E-state index is 11.5. The minimum Gasteiger partial charge on any atom is -0.480 e. The molecule has 0 spiro atoms. The van der Waals surface area contributed by atoms with Gasteiger partial charge in [0.05, 0.1) is 19.8 Å². The van der Waals surface area contributed by atoms with Crippen LogP contribution in [0.2, 0.25) is 0 Å². The predicted octanol–water partition coefficient (Wildman–Crippen LogP) is 3.32. The number of hydrogen-bond donors (Lipinski definition) is 5. The van der Waals surface area contributed by atoms with Crippen molar-refractivity contribution in [1.82, 2.24) is 10.2 Å². The van der Waals surface area contributed by atoms with Crippen molar-refractivity contribution in [2.75, 3.05) is 39.5 Å². The van der Waals surface area contributed by atoms with Crippen LogP contribution in [-0.4, -0.2) is 82.7 Å². The number of rotatable bonds is 22. The van der Waals surface area contributed by atoms with Crippen molar-refractivity contribution < 1.29 is 30.0 Å². The number of nitrogens with zero attached hydrogens (tertiary/aromatic N) is 1. The lowest BCUT2D eigenvalue weighted by Crippen LogP contribution is -2.38. The summed E-state index contributed by atoms with van der Waals surface area (Å²) in [5.41, 5.74) is 0. The zero-order valence-corrected chi connectivity index (χ0v) is 21.3. The van der Waals surface area contributed by atoms with Gasteiger partial charge >= 0.3 is 5.97 Å². The Morgan fingerprint density at radius 3 is 1.39 bits per heavy atom. The first-order chi connectivity index (χ1) is 15.9. The van der Waals surface area contributed by atoms with E-state index < -0.39 is 12.0 Å². The summed E-state index contributed by atoms with van der Waals surface area (Å²) in [5.74, 6) is -1.13. The first-order valence-electron chi connectivity index (χ1n) is 13.0. The fourth-order valence-corrected chi connectivity index (χ4v) is 3.44. The smallest absolute Gasteiger partial charge is 0.325 e. The van der Waals surface area contributed by atoms with Gasteiger partial charge in [0.2, 0.25) is 5.91 Å². The Balaban J connectivity index is 0. The Labute approximate surface area is 201 Å². The number of hydrogen-bond acceptors (Lipinski definition) is 6. The standard InChI is InChI=1S/C19H37NO3.C6H15NO3/c1-3-4-5-6-7-8-9-10-11-12-13-14-15-16-18(21)20-17(2)19(22)23;8-4-1-7(2-5-9)3-6-10/h17H,3-16H2,1-2H3,(H,20,21)(H,22,23);8-10H,1-6H2. The third kappa shape index (κ3) is 26.9. The van der Waals surface area contributed by atoms with E-state index in [1.807, 2.05) is 0 Å². The van der Waals surface area contributed by atoms with Gasteiger partial charge in [0.25, 0.3) is 0 Å². The number of carbonyl (C=O) groups is 2. The maximum Gasteiger partial charge on any atom is 0.325 e. The van der Waals surface area contributed by atoms with Crippen molar-refractivity contribution in [1.29, 1.82) is 0 Å². The molecule has 0 aliphatic rings. The van der Waals surface area contributed by atoms with E-state index in [4.69, 9.17) is 20.4 Å². The van der Waals surface area contributed by atoms with Gasteiger partial charge < -0.3 is 25.7 Å². The second-order valence-corrected chi connectivity index (χ2v) is 8.63. The zero-order valence-electron chi connectivity index (χ0n) is 21.3. The van der Waals surface area contributed by atoms with Crippen LogP contribution in [0.5, 0.6) is 0 Å². The zero-order chi connectivity index (χ0) is 25.2. The molecule has 1 unspecified atom stereocenters. The van der Waals surface area contributed by atoms with Crippen molar-refractivity contribution >= 4 is 11.9 Å². The van der Waals surface area contributed by atoms with E-state index >= 15 is 0 Å². The van der Waals surface area contributed by atoms with Gasteiger partial charge in [-0.1, -0.05) is 84.0 Å². The van der Waals surface area contributed by atoms with Crippen LogP contribution >= 0.6 is 0 Å². The minimum absolute atomic E-state index is 0.0694. The molecule has 0 aromatic rings. The van der Waals surface area contributed by atoms with Gasteiger partial charge in [-0.2, -0.15) is 0 Å². The van der Waals surface area contributed by atoms with Crippen LogP contribution in [-0.2, 0) is 9.59 Å². The Hall–Kier alpha value is -1.22. The van der Waals surface area contributed by atoms with E-state index in [1.165, 1.54) is 77.6 Å². The average Bonchev–Trinajstić information content (AvgIpc) is 2.78. The third-order valence-electron chi connectivity index (χ3n) is 5.50. The number of carboxylic acids is 1. The molecule has 0 aliphatic heterocycles. The van der Waals surface area contributed by atoms with Crippen LogP contribution in [0.25, 0.3) is 0 Å². The van der Waals surface area contributed by atoms with Crippen LogP contribution in [0, 0.1) is 0 Å². The third-order valence-corrected chi connectivity index (χ3v) is 5.50. The SMILES string of the molecule is CCCCCCCCCCCCCCCC(=O)NC(C)C(=O)O.OCCN(CCO)CCO. The van der Waals surface area contributed by atoms with Crippen molar-refractivity contribution in [3.05, 3.63) is 0 Å². The summed E-state index contributed by atoms with van der Waals surface area (Å²) in [6.07, 6.45) is 17.1. The highest BCUT2D eigenvalue weighted by molar-refractivity contribution is 5.83. The summed E-state index contributed by atoms with van der Waals surface area (Å²) in [5, 5.41) is 36.6. The second-order valence-electron chi connectivity index (χ2n) is 8.63. The quantitative estimate of drug-likeness (QED) is 0.152. The summed E-state index contributed by atoms with van der Waals surface area (Å²) in [4.78, 5) is 23.9. The lowest BCUT2D eigenvalue weighted by Gasteiger charge is -2.17. The normalized spacial score (nSPS) is 11.7. The van der Waals surface area contributed by atoms with Crippen LogP contribution < -0.4 is 5.32 Å². The number of nitrogens with one attached hydrogen (secondary N) is 1. The van der Waals surface area contributed by atoms with Crippen molar-refractivity contribution in [2.45, 2.75) is 110 Å². The van der Waals surface area contributed by atoms with Gasteiger partial charge in [-0.3, -0.25) is 14.5 Å². The lowest BCUT2D eigenvalue weighted by atomic mass is 10.0. The minimum atomic E-state index is -0.983. The van der Waals surface area contributed by atoms with Crippen molar-refractivity contribution in [3.63, 3.8) is 0 Å². The number of aliphatic carboxylic acids is 1. The van der Waals surface area contributed by atoms with E-state index in [2.05, 4.69) is 12.2 Å². The second kappa shape index (κ2) is 27.0. The molecule has 0 aliphatic carbocycles. The molecule has 0 fully saturated rings. The molecule has 0 saturated heterocycles. The molecule has 8 nitrogen and oxygen atoms in total. The van der Waals surface area contributed by atoms with Gasteiger partial charge in [0, 0.05) is 26.1 Å². The number of aliphatic hydroxyl groups excluding tert-OH is 3. The molecular formula is C25H52N2O6. The predicted molar refractivity (Wildman–Crippen MR) is 133 cm³/mol. The molecule has 0 radical (unpaired) electrons. The van der Waals surface area contributed by atoms with E-state index in [1.54, 1.807) is 4.90 Å². The fraction of sp³-hybridized carbons (Fsp3) is 0.920. The Kier molecular flexibility index (Phi) is 27.8. The number of unbranched alkanes of at least 4 members (excludes halogenated alkanes) is 12. The molecule has 1 amide bonds. The summed E-state index contributed by atoms with van der Waals surface area (Å²) < 4.78 is 0. The number of aliphatic hydroxyl groups is 3. The van der Waals surface area contributed by atoms with Gasteiger partial charge in [-0.05, 0) is 13.3 Å². The largest absolute Gasteiger partial charge is 0.480 e. The number of carbonyl (C=O) groups excluding carboxylic acids is 1. The number of carboxylic acid groups (broad SMARTS) is 1. The summed E-state index contributed by atoms with van der Waals surface area (Å²) in [6.45, 7) is 5.50. The fourth-order valence-electron chi connectivity index (χ4n) is 3.44. The molecule has 0 rings (SSSR count). The lowest BCUT2D eigenvalue weighted by molar-refractivity contribution is -0.141. The average molecular weight is 477 g/mol. The van der Waals surface area contributed by atoms with Gasteiger partial charge in [-0.15, -0.1) is 0 Å². The number of amides is 1. The van der Waals surface area contributed by atoms with E-state index in [-0.39, 0.29) is 25.7 Å². The highest BCUT2D eigenvalue weighted by Crippen LogP contribution is 2.12. The molecule has 5 N–H and O–H groups in total. The Morgan fingerprint density at radius 1 is 0.697 bits per heavy atom. The van der Waals surface area contributed by atoms with Gasteiger partial charge in [0.15, 0.2) is 0 Å². The molecule has 0 bridgehead atoms. The highest BCUT2D eigenvalue weighted by Gasteiger charge is 2.13. The van der Waals surface area contributed by atoms with Crippen LogP contribution in [0.1, 0.15) is 104 Å². The molecule has 8 heteroatoms. The molecule has 0 aromatic heterocycles. The van der Waals surface area contributed by atoms with Gasteiger partial charge in [0.1, 0.15) is 6.04 Å². The molecule has 0 saturated carbocycles. The Bertz CT molecular complexity index is 423. The van der Waals surface area contributed by atoms with Crippen LogP contribution in [0.4, 0.5) is 0 Å². The summed E-state index contributed by atoms with van der Waals surface area (Å²) >= 11 is 0. The molecule has 0 aromatic carbocycles. The molecular weight excluding hydrogens is 424 g/mol. The topological polar surface area (TPSA) is 130 Å². The van der Waals surface area contributed by atoms with Crippen LogP contribution in [0.3, 0.4) is 0 Å². The monoisotopic (exact) mass is 476 g/mol. The Morgan fingerprint density at radius 2 is 1.06 bits per heavy atom. The molecule has 33 heavy (non-hydrogen) atoms. The molecule has 0 heterocycles. The van der Waals surface area contributed by atoms with Crippen molar-refractivity contribution in [3.8, 4) is 0 Å². The van der Waals surface area contributed by atoms with E-state index in [0.717, 1.165) is 12.8 Å². The van der Waals surface area contributed by atoms with E-state index in [0.29, 0.717) is 26.1 Å². The maximum atomic E-state index is 11.5. The van der Waals surface area contributed by atoms with Crippen molar-refractivity contribution in [2.24, 2.45) is 0 Å². The highest BCUT2D eigenvalue weighted by atomic mass is 16.4. The van der Waals surface area contributed by atoms with Gasteiger partial charge in [-0.25, -0.2) is 0 Å². The first kappa shape index (κ1) is 34.0. The first-order valence-corrected chi connectivity index (χ1v) is 13.0. The van der Waals surface area contributed by atoms with E-state index in [9.17, 15) is 9.59 Å².